The molecule has 0 saturated heterocycles. The third-order valence-electron chi connectivity index (χ3n) is 3.05. The lowest BCUT2D eigenvalue weighted by Gasteiger charge is -2.07. The normalized spacial score (nSPS) is 13.1. The maximum Gasteiger partial charge on any atom is 0.320 e. The van der Waals surface area contributed by atoms with Crippen LogP contribution in [0.4, 0.5) is 0 Å². The summed E-state index contributed by atoms with van der Waals surface area (Å²) in [5.41, 5.74) is 16.4. The molecule has 9 N–H and O–H groups in total. The zero-order valence-corrected chi connectivity index (χ0v) is 15.9. The van der Waals surface area contributed by atoms with Gasteiger partial charge in [-0.05, 0) is 31.2 Å². The van der Waals surface area contributed by atoms with Crippen molar-refractivity contribution < 1.29 is 29.7 Å². The van der Waals surface area contributed by atoms with Gasteiger partial charge < -0.3 is 32.5 Å². The first-order valence-corrected chi connectivity index (χ1v) is 8.37. The second-order valence-electron chi connectivity index (χ2n) is 6.34. The number of hydrogen-bond donors (Lipinski definition) is 6. The molecule has 0 spiro atoms. The van der Waals surface area contributed by atoms with E-state index in [1.165, 1.54) is 6.92 Å². The van der Waals surface area contributed by atoms with Crippen LogP contribution in [-0.4, -0.2) is 51.4 Å². The van der Waals surface area contributed by atoms with Crippen molar-refractivity contribution in [1.82, 2.24) is 0 Å². The summed E-state index contributed by atoms with van der Waals surface area (Å²) in [6.45, 7) is 5.31. The first-order chi connectivity index (χ1) is 12.4. The molecular weight excluding hydrogens is 354 g/mol. The molecule has 0 aliphatic carbocycles. The molecule has 9 nitrogen and oxygen atoms in total. The molecule has 0 saturated carbocycles. The van der Waals surface area contributed by atoms with Crippen molar-refractivity contribution in [2.24, 2.45) is 23.1 Å². The molecule has 0 unspecified atom stereocenters. The van der Waals surface area contributed by atoms with Crippen molar-refractivity contribution in [3.05, 3.63) is 35.9 Å². The van der Waals surface area contributed by atoms with Crippen LogP contribution in [0, 0.1) is 5.92 Å². The number of benzene rings is 1. The van der Waals surface area contributed by atoms with E-state index in [4.69, 9.17) is 32.5 Å². The molecule has 0 aliphatic rings. The maximum atomic E-state index is 10.4. The third kappa shape index (κ3) is 16.7. The number of carbonyl (C=O) groups is 3. The summed E-state index contributed by atoms with van der Waals surface area (Å²) >= 11 is 0. The lowest BCUT2D eigenvalue weighted by molar-refractivity contribution is -0.139. The van der Waals surface area contributed by atoms with Crippen LogP contribution in [-0.2, 0) is 20.8 Å². The minimum Gasteiger partial charge on any atom is -0.480 e. The Hall–Kier alpha value is -2.49. The SMILES string of the molecule is CC(C)C[C@H](N)C(=O)O.C[C@H](N)C(=O)O.N[C@@H](Cc1ccccc1)C(=O)O. The standard InChI is InChI=1S/C9H11NO2.C6H13NO2.C3H7NO2/c10-8(9(11)12)6-7-4-2-1-3-5-7;1-4(2)3-5(7)6(8)9;1-2(4)3(5)6/h1-5,8H,6,10H2,(H,11,12);4-5H,3,7H2,1-2H3,(H,8,9);2H,4H2,1H3,(H,5,6)/t8-;5-;2-/m000/s1. The molecule has 3 atom stereocenters. The molecule has 0 amide bonds. The maximum absolute atomic E-state index is 10.4. The zero-order valence-electron chi connectivity index (χ0n) is 15.9. The monoisotopic (exact) mass is 385 g/mol. The Morgan fingerprint density at radius 2 is 1.22 bits per heavy atom. The summed E-state index contributed by atoms with van der Waals surface area (Å²) in [6.07, 6.45) is 0.936. The number of carboxylic acids is 3. The topological polar surface area (TPSA) is 190 Å². The summed E-state index contributed by atoms with van der Waals surface area (Å²) in [7, 11) is 0. The van der Waals surface area contributed by atoms with E-state index < -0.39 is 36.0 Å². The second kappa shape index (κ2) is 14.7. The fourth-order valence-electron chi connectivity index (χ4n) is 1.56. The quantitative estimate of drug-likeness (QED) is 0.388. The molecule has 0 radical (unpaired) electrons. The lowest BCUT2D eigenvalue weighted by atomic mass is 10.1. The summed E-state index contributed by atoms with van der Waals surface area (Å²) in [5.74, 6) is -2.48. The first-order valence-electron chi connectivity index (χ1n) is 8.37. The Bertz CT molecular complexity index is 563. The van der Waals surface area contributed by atoms with Crippen LogP contribution in [0.2, 0.25) is 0 Å². The Morgan fingerprint density at radius 1 is 0.815 bits per heavy atom. The molecule has 1 rings (SSSR count). The Balaban J connectivity index is 0. The van der Waals surface area contributed by atoms with E-state index in [1.807, 2.05) is 44.2 Å². The summed E-state index contributed by atoms with van der Waals surface area (Å²) in [5, 5.41) is 24.7. The zero-order chi connectivity index (χ0) is 21.6. The molecule has 154 valence electrons. The minimum absolute atomic E-state index is 0.357. The summed E-state index contributed by atoms with van der Waals surface area (Å²) in [6, 6.07) is 7.12. The van der Waals surface area contributed by atoms with Gasteiger partial charge in [0.2, 0.25) is 0 Å². The van der Waals surface area contributed by atoms with Crippen molar-refractivity contribution in [2.75, 3.05) is 0 Å². The average molecular weight is 385 g/mol. The molecule has 0 fully saturated rings. The van der Waals surface area contributed by atoms with Gasteiger partial charge in [0.15, 0.2) is 0 Å². The molecular formula is C18H31N3O6. The highest BCUT2D eigenvalue weighted by molar-refractivity contribution is 5.73. The lowest BCUT2D eigenvalue weighted by Crippen LogP contribution is -2.32. The second-order valence-corrected chi connectivity index (χ2v) is 6.34. The molecule has 1 aromatic carbocycles. The molecule has 0 aliphatic heterocycles. The van der Waals surface area contributed by atoms with Gasteiger partial charge in [0.1, 0.15) is 18.1 Å². The van der Waals surface area contributed by atoms with E-state index >= 15 is 0 Å². The predicted octanol–water partition coefficient (Wildman–Crippen LogP) is 0.504. The van der Waals surface area contributed by atoms with Gasteiger partial charge >= 0.3 is 17.9 Å². The van der Waals surface area contributed by atoms with Gasteiger partial charge in [-0.15, -0.1) is 0 Å². The van der Waals surface area contributed by atoms with Crippen molar-refractivity contribution in [2.45, 2.75) is 51.7 Å². The fraction of sp³-hybridized carbons (Fsp3) is 0.500. The number of nitrogens with two attached hydrogens (primary N) is 3. The number of rotatable bonds is 7. The third-order valence-corrected chi connectivity index (χ3v) is 3.05. The minimum atomic E-state index is -0.963. The Kier molecular flexibility index (Phi) is 14.5. The van der Waals surface area contributed by atoms with Gasteiger partial charge in [-0.1, -0.05) is 44.2 Å². The predicted molar refractivity (Wildman–Crippen MR) is 102 cm³/mol. The molecule has 0 bridgehead atoms. The molecule has 0 aromatic heterocycles. The molecule has 27 heavy (non-hydrogen) atoms. The van der Waals surface area contributed by atoms with E-state index in [0.717, 1.165) is 5.56 Å². The van der Waals surface area contributed by atoms with Gasteiger partial charge in [0.25, 0.3) is 0 Å². The Morgan fingerprint density at radius 3 is 1.48 bits per heavy atom. The molecule has 0 heterocycles. The van der Waals surface area contributed by atoms with Crippen LogP contribution < -0.4 is 17.2 Å². The van der Waals surface area contributed by atoms with Crippen molar-refractivity contribution >= 4 is 17.9 Å². The van der Waals surface area contributed by atoms with Gasteiger partial charge in [0.05, 0.1) is 0 Å². The van der Waals surface area contributed by atoms with Crippen LogP contribution in [0.3, 0.4) is 0 Å². The molecule has 9 heteroatoms. The van der Waals surface area contributed by atoms with Crippen LogP contribution in [0.5, 0.6) is 0 Å². The number of aliphatic carboxylic acids is 3. The van der Waals surface area contributed by atoms with E-state index in [-0.39, 0.29) is 0 Å². The highest BCUT2D eigenvalue weighted by Crippen LogP contribution is 2.02. The number of hydrogen-bond acceptors (Lipinski definition) is 6. The van der Waals surface area contributed by atoms with E-state index in [2.05, 4.69) is 0 Å². The van der Waals surface area contributed by atoms with Gasteiger partial charge in [-0.2, -0.15) is 0 Å². The highest BCUT2D eigenvalue weighted by Gasteiger charge is 2.12. The van der Waals surface area contributed by atoms with Crippen molar-refractivity contribution in [3.63, 3.8) is 0 Å². The van der Waals surface area contributed by atoms with Crippen molar-refractivity contribution in [3.8, 4) is 0 Å². The van der Waals surface area contributed by atoms with E-state index in [1.54, 1.807) is 0 Å². The van der Waals surface area contributed by atoms with Crippen LogP contribution in [0.25, 0.3) is 0 Å². The highest BCUT2D eigenvalue weighted by atomic mass is 16.4. The summed E-state index contributed by atoms with van der Waals surface area (Å²) in [4.78, 5) is 30.1. The van der Waals surface area contributed by atoms with Crippen LogP contribution >= 0.6 is 0 Å². The Labute approximate surface area is 159 Å². The van der Waals surface area contributed by atoms with Crippen LogP contribution in [0.1, 0.15) is 32.8 Å². The van der Waals surface area contributed by atoms with Gasteiger partial charge in [-0.25, -0.2) is 0 Å². The van der Waals surface area contributed by atoms with Crippen molar-refractivity contribution in [1.29, 1.82) is 0 Å². The first kappa shape index (κ1) is 26.7. The van der Waals surface area contributed by atoms with E-state index in [0.29, 0.717) is 18.8 Å². The molecule has 1 aromatic rings. The largest absolute Gasteiger partial charge is 0.480 e. The summed E-state index contributed by atoms with van der Waals surface area (Å²) < 4.78 is 0. The fourth-order valence-corrected chi connectivity index (χ4v) is 1.56. The van der Waals surface area contributed by atoms with E-state index in [9.17, 15) is 14.4 Å². The number of carboxylic acid groups (broad SMARTS) is 3. The smallest absolute Gasteiger partial charge is 0.320 e. The van der Waals surface area contributed by atoms with Gasteiger partial charge in [0, 0.05) is 0 Å². The average Bonchev–Trinajstić information content (AvgIpc) is 2.56. The van der Waals surface area contributed by atoms with Gasteiger partial charge in [-0.3, -0.25) is 14.4 Å². The van der Waals surface area contributed by atoms with Crippen LogP contribution in [0.15, 0.2) is 30.3 Å².